The van der Waals surface area contributed by atoms with Gasteiger partial charge >= 0.3 is 5.97 Å². The third-order valence-corrected chi connectivity index (χ3v) is 5.91. The van der Waals surface area contributed by atoms with Crippen molar-refractivity contribution in [2.75, 3.05) is 0 Å². The summed E-state index contributed by atoms with van der Waals surface area (Å²) in [5, 5.41) is 8.66. The van der Waals surface area contributed by atoms with Crippen LogP contribution >= 0.6 is 9.24 Å². The molecule has 0 aliphatic rings. The molecule has 5 nitrogen and oxygen atoms in total. The van der Waals surface area contributed by atoms with Crippen LogP contribution in [0.2, 0.25) is 0 Å². The molecule has 0 saturated carbocycles. The van der Waals surface area contributed by atoms with Gasteiger partial charge < -0.3 is 5.11 Å². The average molecular weight is 382 g/mol. The van der Waals surface area contributed by atoms with Gasteiger partial charge in [0.2, 0.25) is 0 Å². The number of rotatable bonds is 6. The number of hydrogen-bond donors (Lipinski definition) is 2. The summed E-state index contributed by atoms with van der Waals surface area (Å²) in [4.78, 5) is 9.59. The van der Waals surface area contributed by atoms with Gasteiger partial charge in [-0.3, -0.25) is 9.35 Å². The van der Waals surface area contributed by atoms with E-state index in [1.807, 2.05) is 30.3 Å². The minimum atomic E-state index is -3.99. The van der Waals surface area contributed by atoms with E-state index in [0.29, 0.717) is 12.0 Å². The standard InChI is InChI=1S/C11H14O2.C7H9O3PS/c1-9(11(12)13)7-8-10-5-3-2-4-6-10;8-12(9,10)7(11)6-4-2-1-3-5-6/h2-6,9H,7-8H2,1H3,(H,12,13);1-5,7H,11H2,(H,8,9,10). The first-order chi connectivity index (χ1) is 11.7. The van der Waals surface area contributed by atoms with E-state index in [1.54, 1.807) is 37.3 Å². The quantitative estimate of drug-likeness (QED) is 0.586. The van der Waals surface area contributed by atoms with Crippen molar-refractivity contribution < 1.29 is 22.9 Å². The van der Waals surface area contributed by atoms with Crippen LogP contribution in [0.1, 0.15) is 29.5 Å². The average Bonchev–Trinajstić information content (AvgIpc) is 2.60. The van der Waals surface area contributed by atoms with Gasteiger partial charge in [-0.1, -0.05) is 67.6 Å². The lowest BCUT2D eigenvalue weighted by Gasteiger charge is -2.06. The maximum absolute atomic E-state index is 10.7. The Morgan fingerprint density at radius 3 is 1.96 bits per heavy atom. The van der Waals surface area contributed by atoms with Gasteiger partial charge in [0.25, 0.3) is 10.1 Å². The molecule has 3 unspecified atom stereocenters. The number of carbonyl (C=O) groups is 1. The second-order valence-corrected chi connectivity index (χ2v) is 8.30. The minimum absolute atomic E-state index is 0.250. The molecule has 0 radical (unpaired) electrons. The monoisotopic (exact) mass is 382 g/mol. The molecule has 25 heavy (non-hydrogen) atoms. The van der Waals surface area contributed by atoms with E-state index < -0.39 is 21.1 Å². The Bertz CT molecular complexity index is 748. The van der Waals surface area contributed by atoms with Crippen LogP contribution in [0.3, 0.4) is 0 Å². The van der Waals surface area contributed by atoms with Crippen LogP contribution in [0.15, 0.2) is 60.7 Å². The largest absolute Gasteiger partial charge is 0.481 e. The van der Waals surface area contributed by atoms with Gasteiger partial charge in [0.05, 0.1) is 5.92 Å². The van der Waals surface area contributed by atoms with Crippen molar-refractivity contribution in [1.29, 1.82) is 0 Å². The van der Waals surface area contributed by atoms with Crippen LogP contribution in [-0.2, 0) is 21.3 Å². The van der Waals surface area contributed by atoms with E-state index in [-0.39, 0.29) is 5.92 Å². The molecule has 3 atom stereocenters. The maximum atomic E-state index is 10.7. The van der Waals surface area contributed by atoms with Crippen LogP contribution in [0.5, 0.6) is 0 Å². The Kier molecular flexibility index (Phi) is 8.76. The number of benzene rings is 2. The zero-order valence-corrected chi connectivity index (χ0v) is 15.9. The van der Waals surface area contributed by atoms with Crippen LogP contribution in [-0.4, -0.2) is 24.0 Å². The van der Waals surface area contributed by atoms with Gasteiger partial charge in [-0.25, -0.2) is 0 Å². The first kappa shape index (κ1) is 21.3. The molecule has 7 heteroatoms. The van der Waals surface area contributed by atoms with Gasteiger partial charge in [0.15, 0.2) is 0 Å². The van der Waals surface area contributed by atoms with E-state index >= 15 is 0 Å². The third-order valence-electron chi connectivity index (χ3n) is 3.58. The van der Waals surface area contributed by atoms with Crippen molar-refractivity contribution in [3.8, 4) is 0 Å². The molecular formula is C18H23O5PS. The molecule has 0 aliphatic carbocycles. The highest BCUT2D eigenvalue weighted by molar-refractivity contribution is 7.90. The van der Waals surface area contributed by atoms with E-state index in [1.165, 1.54) is 5.56 Å². The summed E-state index contributed by atoms with van der Waals surface area (Å²) in [6.45, 7) is 1.74. The van der Waals surface area contributed by atoms with Crippen molar-refractivity contribution in [2.24, 2.45) is 5.92 Å². The summed E-state index contributed by atoms with van der Waals surface area (Å²) in [6.07, 6.45) is 1.55. The number of carboxylic acid groups (broad SMARTS) is 1. The minimum Gasteiger partial charge on any atom is -0.481 e. The topological polar surface area (TPSA) is 91.7 Å². The zero-order chi connectivity index (χ0) is 18.9. The molecule has 0 aromatic heterocycles. The first-order valence-electron chi connectivity index (χ1n) is 7.75. The fraction of sp³-hybridized carbons (Fsp3) is 0.278. The fourth-order valence-electron chi connectivity index (χ4n) is 1.97. The maximum Gasteiger partial charge on any atom is 0.306 e. The molecule has 0 amide bonds. The lowest BCUT2D eigenvalue weighted by Crippen LogP contribution is -2.10. The highest BCUT2D eigenvalue weighted by Crippen LogP contribution is 2.27. The molecule has 0 fully saturated rings. The summed E-state index contributed by atoms with van der Waals surface area (Å²) in [6, 6.07) is 18.5. The van der Waals surface area contributed by atoms with Crippen molar-refractivity contribution in [1.82, 2.24) is 0 Å². The van der Waals surface area contributed by atoms with Gasteiger partial charge in [-0.15, -0.1) is 9.24 Å². The van der Waals surface area contributed by atoms with E-state index in [9.17, 15) is 13.2 Å². The molecule has 0 aliphatic heterocycles. The summed E-state index contributed by atoms with van der Waals surface area (Å²) >= 11 is 0. The molecule has 2 rings (SSSR count). The third kappa shape index (κ3) is 8.25. The number of carboxylic acids is 1. The Hall–Kier alpha value is -1.75. The van der Waals surface area contributed by atoms with E-state index in [0.717, 1.165) is 6.42 Å². The van der Waals surface area contributed by atoms with Crippen molar-refractivity contribution in [3.63, 3.8) is 0 Å². The smallest absolute Gasteiger partial charge is 0.306 e. The summed E-state index contributed by atoms with van der Waals surface area (Å²) in [5.74, 6) is -0.962. The number of hydrogen-bond acceptors (Lipinski definition) is 3. The summed E-state index contributed by atoms with van der Waals surface area (Å²) < 4.78 is 30.0. The molecular weight excluding hydrogens is 359 g/mol. The molecule has 2 aromatic carbocycles. The normalized spacial score (nSPS) is 13.2. The highest BCUT2D eigenvalue weighted by Gasteiger charge is 2.18. The van der Waals surface area contributed by atoms with Crippen molar-refractivity contribution in [3.05, 3.63) is 71.8 Å². The van der Waals surface area contributed by atoms with Crippen LogP contribution in [0, 0.1) is 5.92 Å². The Labute approximate surface area is 151 Å². The molecule has 0 bridgehead atoms. The van der Waals surface area contributed by atoms with E-state index in [4.69, 9.17) is 9.66 Å². The Balaban J connectivity index is 0.000000251. The van der Waals surface area contributed by atoms with Crippen molar-refractivity contribution >= 4 is 25.3 Å². The molecule has 136 valence electrons. The summed E-state index contributed by atoms with van der Waals surface area (Å²) in [7, 11) is -1.91. The molecule has 0 saturated heterocycles. The molecule has 2 N–H and O–H groups in total. The van der Waals surface area contributed by atoms with Crippen LogP contribution in [0.25, 0.3) is 0 Å². The van der Waals surface area contributed by atoms with Gasteiger partial charge in [-0.2, -0.15) is 8.42 Å². The van der Waals surface area contributed by atoms with E-state index in [2.05, 4.69) is 9.24 Å². The first-order valence-corrected chi connectivity index (χ1v) is 9.92. The Morgan fingerprint density at radius 1 is 1.04 bits per heavy atom. The fourth-order valence-corrected chi connectivity index (χ4v) is 2.69. The zero-order valence-electron chi connectivity index (χ0n) is 13.9. The molecule has 0 spiro atoms. The molecule has 0 heterocycles. The lowest BCUT2D eigenvalue weighted by atomic mass is 10.0. The predicted molar refractivity (Wildman–Crippen MR) is 102 cm³/mol. The Morgan fingerprint density at radius 2 is 1.52 bits per heavy atom. The number of aryl methyl sites for hydroxylation is 1. The van der Waals surface area contributed by atoms with Crippen molar-refractivity contribution in [2.45, 2.75) is 24.8 Å². The highest BCUT2D eigenvalue weighted by atomic mass is 32.2. The number of aliphatic carboxylic acids is 1. The van der Waals surface area contributed by atoms with Gasteiger partial charge in [0, 0.05) is 0 Å². The predicted octanol–water partition coefficient (Wildman–Crippen LogP) is 3.79. The second kappa shape index (κ2) is 10.3. The van der Waals surface area contributed by atoms with Crippen LogP contribution < -0.4 is 0 Å². The van der Waals surface area contributed by atoms with Gasteiger partial charge in [0.1, 0.15) is 4.99 Å². The summed E-state index contributed by atoms with van der Waals surface area (Å²) in [5.41, 5.74) is 1.76. The van der Waals surface area contributed by atoms with Crippen LogP contribution in [0.4, 0.5) is 0 Å². The molecule has 2 aromatic rings. The lowest BCUT2D eigenvalue weighted by molar-refractivity contribution is -0.141. The van der Waals surface area contributed by atoms with Gasteiger partial charge in [-0.05, 0) is 24.0 Å². The second-order valence-electron chi connectivity index (χ2n) is 5.61. The SMILES string of the molecule is CC(CCc1ccccc1)C(=O)O.O=S(=O)(O)C(P)c1ccccc1.